The fourth-order valence-electron chi connectivity index (χ4n) is 2.11. The number of rotatable bonds is 6. The average molecular weight is 390 g/mol. The Labute approximate surface area is 158 Å². The van der Waals surface area contributed by atoms with E-state index in [9.17, 15) is 0 Å². The zero-order chi connectivity index (χ0) is 18.9. The molecule has 138 valence electrons. The predicted molar refractivity (Wildman–Crippen MR) is 127 cm³/mol. The van der Waals surface area contributed by atoms with Crippen molar-refractivity contribution >= 4 is 46.7 Å². The minimum atomic E-state index is -0.0230. The third-order valence-corrected chi connectivity index (χ3v) is 5.18. The summed E-state index contributed by atoms with van der Waals surface area (Å²) in [6.45, 7) is 13.0. The van der Waals surface area contributed by atoms with Gasteiger partial charge >= 0.3 is 0 Å². The molecule has 3 nitrogen and oxygen atoms in total. The summed E-state index contributed by atoms with van der Waals surface area (Å²) in [5.41, 5.74) is 1.16. The zero-order valence-electron chi connectivity index (χ0n) is 17.7. The van der Waals surface area contributed by atoms with E-state index in [0.29, 0.717) is 0 Å². The average Bonchev–Trinajstić information content (AvgIpc) is 2.62. The largest absolute Gasteiger partial charge is 0.359 e. The van der Waals surface area contributed by atoms with Crippen LogP contribution in [0, 0.1) is 0 Å². The number of nitrogens with one attached hydrogen (secondary N) is 1. The highest BCUT2D eigenvalue weighted by atomic mass is 28.2. The van der Waals surface area contributed by atoms with Gasteiger partial charge in [-0.15, -0.1) is 0 Å². The van der Waals surface area contributed by atoms with Gasteiger partial charge in [-0.25, -0.2) is 0 Å². The predicted octanol–water partition coefficient (Wildman–Crippen LogP) is -0.822. The van der Waals surface area contributed by atoms with Gasteiger partial charge in [-0.3, -0.25) is 9.80 Å². The molecular formula is C16H43N3Si4. The van der Waals surface area contributed by atoms with Crippen LogP contribution in [0.15, 0.2) is 30.3 Å². The van der Waals surface area contributed by atoms with Gasteiger partial charge in [0, 0.05) is 5.69 Å². The van der Waals surface area contributed by atoms with Gasteiger partial charge in [-0.1, -0.05) is 51.7 Å². The maximum atomic E-state index is 3.67. The minimum absolute atomic E-state index is 0.0230. The molecule has 0 saturated heterocycles. The molecule has 1 atom stereocenters. The Bertz CT molecular complexity index is 335. The van der Waals surface area contributed by atoms with E-state index in [-0.39, 0.29) is 5.41 Å². The molecule has 0 amide bonds. The van der Waals surface area contributed by atoms with Crippen molar-refractivity contribution in [3.8, 4) is 0 Å². The number of nitrogens with zero attached hydrogens (tertiary/aromatic N) is 2. The van der Waals surface area contributed by atoms with E-state index in [1.165, 1.54) is 36.4 Å². The Hall–Kier alpha value is -0.192. The van der Waals surface area contributed by atoms with E-state index in [0.717, 1.165) is 23.3 Å². The first-order valence-electron chi connectivity index (χ1n) is 9.30. The van der Waals surface area contributed by atoms with Gasteiger partial charge in [-0.2, -0.15) is 0 Å². The van der Waals surface area contributed by atoms with Crippen LogP contribution in [0.4, 0.5) is 5.69 Å². The highest BCUT2D eigenvalue weighted by molar-refractivity contribution is 6.16. The first kappa shape index (κ1) is 27.6. The van der Waals surface area contributed by atoms with Crippen molar-refractivity contribution in [2.45, 2.75) is 38.9 Å². The highest BCUT2D eigenvalue weighted by Gasteiger charge is 2.31. The molecule has 0 aliphatic carbocycles. The molecule has 0 aliphatic rings. The SMILES string of the molecule is CCN(CC)C([SiH3])(Nc1ccccc1)N(C)C.C[SiH3].C[SiH3].C[SiH3]. The van der Waals surface area contributed by atoms with Crippen LogP contribution in [-0.2, 0) is 0 Å². The summed E-state index contributed by atoms with van der Waals surface area (Å²) in [4.78, 5) is 4.74. The van der Waals surface area contributed by atoms with Crippen LogP contribution in [0.2, 0.25) is 19.6 Å². The number of anilines is 1. The van der Waals surface area contributed by atoms with Crippen LogP contribution in [0.1, 0.15) is 13.8 Å². The zero-order valence-corrected chi connectivity index (χ0v) is 25.7. The second-order valence-electron chi connectivity index (χ2n) is 4.58. The van der Waals surface area contributed by atoms with Gasteiger partial charge in [0.1, 0.15) is 5.41 Å². The van der Waals surface area contributed by atoms with Gasteiger partial charge in [0.25, 0.3) is 0 Å². The van der Waals surface area contributed by atoms with Gasteiger partial charge in [0.2, 0.25) is 0 Å². The maximum Gasteiger partial charge on any atom is 0.120 e. The Kier molecular flexibility index (Phi) is 21.8. The molecule has 0 fully saturated rings. The lowest BCUT2D eigenvalue weighted by molar-refractivity contribution is 0.0725. The van der Waals surface area contributed by atoms with Crippen LogP contribution < -0.4 is 5.32 Å². The molecule has 0 bridgehead atoms. The van der Waals surface area contributed by atoms with Crippen LogP contribution in [0.25, 0.3) is 0 Å². The summed E-state index contributed by atoms with van der Waals surface area (Å²) in [6, 6.07) is 10.4. The number of para-hydroxylation sites is 1. The van der Waals surface area contributed by atoms with Crippen molar-refractivity contribution in [1.82, 2.24) is 9.80 Å². The smallest absolute Gasteiger partial charge is 0.120 e. The lowest BCUT2D eigenvalue weighted by atomic mass is 10.3. The van der Waals surface area contributed by atoms with E-state index in [1.54, 1.807) is 0 Å². The van der Waals surface area contributed by atoms with E-state index in [2.05, 4.69) is 87.0 Å². The van der Waals surface area contributed by atoms with E-state index < -0.39 is 0 Å². The lowest BCUT2D eigenvalue weighted by Crippen LogP contribution is -2.63. The van der Waals surface area contributed by atoms with Crippen LogP contribution in [-0.4, -0.2) is 83.4 Å². The summed E-state index contributed by atoms with van der Waals surface area (Å²) < 4.78 is 0. The quantitative estimate of drug-likeness (QED) is 0.506. The second kappa shape index (κ2) is 18.2. The lowest BCUT2D eigenvalue weighted by Gasteiger charge is -2.46. The van der Waals surface area contributed by atoms with Crippen molar-refractivity contribution in [2.75, 3.05) is 32.5 Å². The monoisotopic (exact) mass is 389 g/mol. The topological polar surface area (TPSA) is 18.5 Å². The molecule has 23 heavy (non-hydrogen) atoms. The first-order chi connectivity index (χ1) is 11.0. The third kappa shape index (κ3) is 10.3. The van der Waals surface area contributed by atoms with Crippen LogP contribution in [0.3, 0.4) is 0 Å². The van der Waals surface area contributed by atoms with Gasteiger partial charge in [0.05, 0.1) is 10.2 Å². The summed E-state index contributed by atoms with van der Waals surface area (Å²) >= 11 is 0. The fraction of sp³-hybridized carbons (Fsp3) is 0.625. The number of hydrogen-bond donors (Lipinski definition) is 1. The summed E-state index contributed by atoms with van der Waals surface area (Å²) in [5, 5.41) is 3.67. The van der Waals surface area contributed by atoms with Crippen molar-refractivity contribution in [3.05, 3.63) is 30.3 Å². The van der Waals surface area contributed by atoms with Gasteiger partial charge in [0.15, 0.2) is 0 Å². The van der Waals surface area contributed by atoms with E-state index in [1.807, 2.05) is 6.07 Å². The Morgan fingerprint density at radius 3 is 1.57 bits per heavy atom. The molecule has 1 aromatic carbocycles. The van der Waals surface area contributed by atoms with Crippen molar-refractivity contribution in [2.24, 2.45) is 0 Å². The molecule has 1 aromatic rings. The molecule has 0 aliphatic heterocycles. The van der Waals surface area contributed by atoms with Gasteiger partial charge in [-0.05, 0) is 70.0 Å². The highest BCUT2D eigenvalue weighted by Crippen LogP contribution is 2.18. The summed E-state index contributed by atoms with van der Waals surface area (Å²) in [7, 11) is 9.23. The number of hydrogen-bond acceptors (Lipinski definition) is 3. The molecule has 1 rings (SSSR count). The van der Waals surface area contributed by atoms with Gasteiger partial charge < -0.3 is 5.32 Å². The second-order valence-corrected chi connectivity index (χ2v) is 5.97. The Morgan fingerprint density at radius 1 is 0.870 bits per heavy atom. The Morgan fingerprint density at radius 2 is 1.26 bits per heavy atom. The van der Waals surface area contributed by atoms with Crippen molar-refractivity contribution in [3.63, 3.8) is 0 Å². The molecule has 0 radical (unpaired) electrons. The molecule has 0 spiro atoms. The molecule has 1 unspecified atom stereocenters. The summed E-state index contributed by atoms with van der Waals surface area (Å²) in [6.07, 6.45) is 0. The molecule has 7 heteroatoms. The van der Waals surface area contributed by atoms with Crippen LogP contribution >= 0.6 is 0 Å². The standard InChI is InChI=1S/C13H25N3Si.3CH6Si/c1-5-16(6-2)13(17,15(3)4)14-12-10-8-7-9-11-12;3*1-2/h7-11,14H,5-6H2,1-4,17H3;3*1-2H3. The minimum Gasteiger partial charge on any atom is -0.359 e. The molecule has 0 saturated carbocycles. The van der Waals surface area contributed by atoms with Crippen molar-refractivity contribution in [1.29, 1.82) is 0 Å². The summed E-state index contributed by atoms with van der Waals surface area (Å²) in [5.74, 6) is 0. The third-order valence-electron chi connectivity index (χ3n) is 3.40. The van der Waals surface area contributed by atoms with Crippen molar-refractivity contribution < 1.29 is 0 Å². The molecule has 0 aromatic heterocycles. The Balaban J connectivity index is -0.000000595. The molecular weight excluding hydrogens is 347 g/mol. The molecule has 1 N–H and O–H groups in total. The fourth-order valence-corrected chi connectivity index (χ4v) is 3.03. The normalized spacial score (nSPS) is 12.4. The maximum absolute atomic E-state index is 3.67. The van der Waals surface area contributed by atoms with Crippen LogP contribution in [0.5, 0.6) is 0 Å². The number of benzene rings is 1. The van der Waals surface area contributed by atoms with E-state index >= 15 is 0 Å². The van der Waals surface area contributed by atoms with E-state index in [4.69, 9.17) is 0 Å². The first-order valence-corrected chi connectivity index (χ1v) is 16.3. The molecule has 0 heterocycles.